The molecule has 0 atom stereocenters. The van der Waals surface area contributed by atoms with Crippen LogP contribution in [0.25, 0.3) is 0 Å². The van der Waals surface area contributed by atoms with E-state index in [4.69, 9.17) is 0 Å². The van der Waals surface area contributed by atoms with Crippen molar-refractivity contribution in [2.24, 2.45) is 0 Å². The molecule has 0 aromatic heterocycles. The Morgan fingerprint density at radius 2 is 1.77 bits per heavy atom. The third-order valence-corrected chi connectivity index (χ3v) is 4.53. The van der Waals surface area contributed by atoms with Gasteiger partial charge in [-0.3, -0.25) is 19.7 Å². The number of benzene rings is 2. The average Bonchev–Trinajstić information content (AvgIpc) is 3.51. The summed E-state index contributed by atoms with van der Waals surface area (Å²) < 4.78 is 38.2. The number of halogens is 3. The van der Waals surface area contributed by atoms with Crippen LogP contribution in [0.2, 0.25) is 0 Å². The molecule has 0 spiro atoms. The summed E-state index contributed by atoms with van der Waals surface area (Å²) in [5.74, 6) is -0.583. The standard InChI is InChI=1S/C20H19F3N4O4/c21-20(22,23)13-3-8-16(17(11-13)27(30)31)24-10-9-18(28)25-14-4-1-12(2-5-14)19(29)26-15-6-7-15/h1-5,8,11,15,24H,6-7,9-10H2,(H,25,28)(H,26,29). The maximum atomic E-state index is 12.7. The monoisotopic (exact) mass is 436 g/mol. The van der Waals surface area contributed by atoms with Crippen LogP contribution in [0.15, 0.2) is 42.5 Å². The van der Waals surface area contributed by atoms with Crippen molar-refractivity contribution in [1.29, 1.82) is 0 Å². The van der Waals surface area contributed by atoms with E-state index in [1.54, 1.807) is 24.3 Å². The van der Waals surface area contributed by atoms with Crippen molar-refractivity contribution in [3.63, 3.8) is 0 Å². The van der Waals surface area contributed by atoms with E-state index in [-0.39, 0.29) is 30.6 Å². The van der Waals surface area contributed by atoms with Gasteiger partial charge < -0.3 is 16.0 Å². The summed E-state index contributed by atoms with van der Waals surface area (Å²) in [6.45, 7) is -0.0279. The fourth-order valence-electron chi connectivity index (χ4n) is 2.74. The average molecular weight is 436 g/mol. The largest absolute Gasteiger partial charge is 0.416 e. The van der Waals surface area contributed by atoms with Crippen molar-refractivity contribution >= 4 is 28.9 Å². The van der Waals surface area contributed by atoms with Crippen molar-refractivity contribution in [3.8, 4) is 0 Å². The molecule has 0 bridgehead atoms. The summed E-state index contributed by atoms with van der Waals surface area (Å²) in [5.41, 5.74) is -1.03. The number of carbonyl (C=O) groups is 2. The summed E-state index contributed by atoms with van der Waals surface area (Å²) in [4.78, 5) is 34.2. The van der Waals surface area contributed by atoms with Crippen molar-refractivity contribution in [1.82, 2.24) is 5.32 Å². The van der Waals surface area contributed by atoms with E-state index in [0.717, 1.165) is 25.0 Å². The Kier molecular flexibility index (Phi) is 6.42. The molecule has 11 heteroatoms. The second-order valence-corrected chi connectivity index (χ2v) is 7.04. The van der Waals surface area contributed by atoms with Crippen molar-refractivity contribution in [2.75, 3.05) is 17.2 Å². The normalized spacial score (nSPS) is 13.4. The zero-order valence-electron chi connectivity index (χ0n) is 16.2. The van der Waals surface area contributed by atoms with Crippen LogP contribution in [0.3, 0.4) is 0 Å². The van der Waals surface area contributed by atoms with Gasteiger partial charge in [0.1, 0.15) is 5.69 Å². The van der Waals surface area contributed by atoms with Gasteiger partial charge >= 0.3 is 6.18 Å². The van der Waals surface area contributed by atoms with Gasteiger partial charge in [-0.2, -0.15) is 13.2 Å². The SMILES string of the molecule is O=C(CCNc1ccc(C(F)(F)F)cc1[N+](=O)[O-])Nc1ccc(C(=O)NC2CC2)cc1. The molecule has 8 nitrogen and oxygen atoms in total. The Morgan fingerprint density at radius 3 is 2.35 bits per heavy atom. The molecule has 2 amide bonds. The summed E-state index contributed by atoms with van der Waals surface area (Å²) in [6, 6.07) is 8.69. The number of hydrogen-bond donors (Lipinski definition) is 3. The Hall–Kier alpha value is -3.63. The number of alkyl halides is 3. The molecule has 1 saturated carbocycles. The number of anilines is 2. The Labute approximate surface area is 175 Å². The molecule has 164 valence electrons. The number of nitro benzene ring substituents is 1. The maximum Gasteiger partial charge on any atom is 0.416 e. The maximum absolute atomic E-state index is 12.7. The first-order chi connectivity index (χ1) is 14.6. The predicted octanol–water partition coefficient (Wildman–Crippen LogP) is 3.95. The van der Waals surface area contributed by atoms with Gasteiger partial charge in [0.15, 0.2) is 0 Å². The minimum absolute atomic E-state index is 0.0279. The second-order valence-electron chi connectivity index (χ2n) is 7.04. The van der Waals surface area contributed by atoms with Crippen LogP contribution in [0, 0.1) is 10.1 Å². The third-order valence-electron chi connectivity index (χ3n) is 4.53. The van der Waals surface area contributed by atoms with E-state index in [1.165, 1.54) is 0 Å². The fraction of sp³-hybridized carbons (Fsp3) is 0.300. The number of carbonyl (C=O) groups excluding carboxylic acids is 2. The number of amides is 2. The topological polar surface area (TPSA) is 113 Å². The summed E-state index contributed by atoms with van der Waals surface area (Å²) in [7, 11) is 0. The van der Waals surface area contributed by atoms with Gasteiger partial charge in [-0.05, 0) is 49.2 Å². The highest BCUT2D eigenvalue weighted by atomic mass is 19.4. The Bertz CT molecular complexity index is 989. The molecule has 1 aliphatic rings. The molecule has 2 aromatic rings. The van der Waals surface area contributed by atoms with Gasteiger partial charge in [0, 0.05) is 36.3 Å². The molecule has 0 unspecified atom stereocenters. The van der Waals surface area contributed by atoms with E-state index < -0.39 is 28.3 Å². The van der Waals surface area contributed by atoms with E-state index in [1.807, 2.05) is 0 Å². The molecule has 0 heterocycles. The quantitative estimate of drug-likeness (QED) is 0.428. The second kappa shape index (κ2) is 9.02. The lowest BCUT2D eigenvalue weighted by atomic mass is 10.1. The highest BCUT2D eigenvalue weighted by Gasteiger charge is 2.33. The minimum atomic E-state index is -4.70. The molecule has 3 N–H and O–H groups in total. The van der Waals surface area contributed by atoms with Gasteiger partial charge in [0.05, 0.1) is 10.5 Å². The molecule has 0 saturated heterocycles. The first-order valence-electron chi connectivity index (χ1n) is 9.44. The first kappa shape index (κ1) is 22.1. The van der Waals surface area contributed by atoms with E-state index >= 15 is 0 Å². The third kappa shape index (κ3) is 6.17. The smallest absolute Gasteiger partial charge is 0.379 e. The number of nitrogens with zero attached hydrogens (tertiary/aromatic N) is 1. The van der Waals surface area contributed by atoms with E-state index in [2.05, 4.69) is 16.0 Å². The lowest BCUT2D eigenvalue weighted by Gasteiger charge is -2.11. The Morgan fingerprint density at radius 1 is 1.10 bits per heavy atom. The van der Waals surface area contributed by atoms with Crippen molar-refractivity contribution in [3.05, 3.63) is 63.7 Å². The van der Waals surface area contributed by atoms with Gasteiger partial charge in [-0.15, -0.1) is 0 Å². The molecule has 1 fully saturated rings. The van der Waals surface area contributed by atoms with Crippen molar-refractivity contribution in [2.45, 2.75) is 31.5 Å². The summed E-state index contributed by atoms with van der Waals surface area (Å²) in [6.07, 6.45) is -2.83. The van der Waals surface area contributed by atoms with Crippen LogP contribution in [0.5, 0.6) is 0 Å². The van der Waals surface area contributed by atoms with E-state index in [9.17, 15) is 32.9 Å². The molecule has 31 heavy (non-hydrogen) atoms. The minimum Gasteiger partial charge on any atom is -0.379 e. The zero-order chi connectivity index (χ0) is 22.6. The molecule has 0 radical (unpaired) electrons. The molecular weight excluding hydrogens is 417 g/mol. The fourth-order valence-corrected chi connectivity index (χ4v) is 2.74. The molecule has 1 aliphatic carbocycles. The van der Waals surface area contributed by atoms with Crippen LogP contribution < -0.4 is 16.0 Å². The zero-order valence-corrected chi connectivity index (χ0v) is 16.2. The number of rotatable bonds is 8. The van der Waals surface area contributed by atoms with Crippen LogP contribution in [-0.4, -0.2) is 29.3 Å². The predicted molar refractivity (Wildman–Crippen MR) is 107 cm³/mol. The van der Waals surface area contributed by atoms with Crippen LogP contribution >= 0.6 is 0 Å². The van der Waals surface area contributed by atoms with Crippen LogP contribution in [0.4, 0.5) is 30.2 Å². The van der Waals surface area contributed by atoms with Gasteiger partial charge in [-0.25, -0.2) is 0 Å². The number of nitro groups is 1. The number of hydrogen-bond acceptors (Lipinski definition) is 5. The summed E-state index contributed by atoms with van der Waals surface area (Å²) in [5, 5.41) is 19.2. The summed E-state index contributed by atoms with van der Waals surface area (Å²) >= 11 is 0. The van der Waals surface area contributed by atoms with Crippen molar-refractivity contribution < 1.29 is 27.7 Å². The molecule has 2 aromatic carbocycles. The van der Waals surface area contributed by atoms with E-state index in [0.29, 0.717) is 17.3 Å². The molecular formula is C20H19F3N4O4. The lowest BCUT2D eigenvalue weighted by Crippen LogP contribution is -2.25. The highest BCUT2D eigenvalue weighted by Crippen LogP contribution is 2.34. The Balaban J connectivity index is 1.52. The van der Waals surface area contributed by atoms with Crippen LogP contribution in [-0.2, 0) is 11.0 Å². The molecule has 3 rings (SSSR count). The first-order valence-corrected chi connectivity index (χ1v) is 9.44. The molecule has 0 aliphatic heterocycles. The highest BCUT2D eigenvalue weighted by molar-refractivity contribution is 5.96. The van der Waals surface area contributed by atoms with Gasteiger partial charge in [0.2, 0.25) is 5.91 Å². The number of nitrogens with one attached hydrogen (secondary N) is 3. The van der Waals surface area contributed by atoms with Gasteiger partial charge in [0.25, 0.3) is 11.6 Å². The lowest BCUT2D eigenvalue weighted by molar-refractivity contribution is -0.384. The van der Waals surface area contributed by atoms with Crippen LogP contribution in [0.1, 0.15) is 35.2 Å². The van der Waals surface area contributed by atoms with Gasteiger partial charge in [-0.1, -0.05) is 0 Å².